The summed E-state index contributed by atoms with van der Waals surface area (Å²) in [5.41, 5.74) is 2.25. The van der Waals surface area contributed by atoms with E-state index in [-0.39, 0.29) is 12.1 Å². The Kier molecular flexibility index (Phi) is 4.38. The number of fused-ring (bicyclic) bond motifs is 2. The normalized spacial score (nSPS) is 22.4. The van der Waals surface area contributed by atoms with Gasteiger partial charge in [0, 0.05) is 5.56 Å². The highest BCUT2D eigenvalue weighted by molar-refractivity contribution is 5.88. The van der Waals surface area contributed by atoms with Gasteiger partial charge in [0.1, 0.15) is 17.9 Å². The van der Waals surface area contributed by atoms with Gasteiger partial charge in [0.2, 0.25) is 5.82 Å². The molecule has 2 aromatic carbocycles. The first-order valence-electron chi connectivity index (χ1n) is 9.79. The summed E-state index contributed by atoms with van der Waals surface area (Å²) < 4.78 is 45.4. The monoisotopic (exact) mass is 402 g/mol. The van der Waals surface area contributed by atoms with Crippen molar-refractivity contribution in [3.8, 4) is 5.75 Å². The number of ether oxygens (including phenoxy) is 1. The summed E-state index contributed by atoms with van der Waals surface area (Å²) in [5.74, 6) is -0.171. The van der Waals surface area contributed by atoms with E-state index in [9.17, 15) is 13.2 Å². The average molecular weight is 402 g/mol. The van der Waals surface area contributed by atoms with E-state index in [4.69, 9.17) is 4.74 Å². The second-order valence-corrected chi connectivity index (χ2v) is 7.57. The van der Waals surface area contributed by atoms with Gasteiger partial charge in [-0.15, -0.1) is 0 Å². The number of anilines is 1. The van der Waals surface area contributed by atoms with Crippen molar-refractivity contribution in [2.45, 2.75) is 31.1 Å². The number of alkyl halides is 3. The number of imidazole rings is 1. The molecule has 152 valence electrons. The largest absolute Gasteiger partial charge is 0.491 e. The van der Waals surface area contributed by atoms with Gasteiger partial charge in [-0.05, 0) is 44.1 Å². The minimum atomic E-state index is -4.51. The molecule has 2 unspecified atom stereocenters. The smallest absolute Gasteiger partial charge is 0.449 e. The van der Waals surface area contributed by atoms with Gasteiger partial charge in [-0.25, -0.2) is 4.98 Å². The molecule has 1 saturated heterocycles. The fraction of sp³-hybridized carbons (Fsp3) is 0.381. The topological polar surface area (TPSA) is 53.2 Å². The number of nitrogens with zero attached hydrogens (tertiary/aromatic N) is 2. The van der Waals surface area contributed by atoms with E-state index in [1.54, 1.807) is 18.2 Å². The Balaban J connectivity index is 1.55. The zero-order valence-electron chi connectivity index (χ0n) is 15.7. The molecule has 3 aromatic rings. The lowest BCUT2D eigenvalue weighted by Gasteiger charge is -2.39. The third-order valence-electron chi connectivity index (χ3n) is 5.75. The van der Waals surface area contributed by atoms with Crippen LogP contribution in [0.1, 0.15) is 30.3 Å². The number of rotatable bonds is 3. The number of nitrogens with one attached hydrogen (secondary N) is 2. The van der Waals surface area contributed by atoms with Gasteiger partial charge in [0.15, 0.2) is 0 Å². The Labute approximate surface area is 165 Å². The van der Waals surface area contributed by atoms with Crippen LogP contribution in [0, 0.1) is 0 Å². The molecule has 2 atom stereocenters. The fourth-order valence-corrected chi connectivity index (χ4v) is 4.36. The maximum atomic E-state index is 13.1. The SMILES string of the molecule is FC(F)(F)c1nc2c(NC3c4ccccc4OCC3N3CCCC3)cccc2[nH]1. The summed E-state index contributed by atoms with van der Waals surface area (Å²) >= 11 is 0. The standard InChI is InChI=1S/C21H21F3N4O/c22-21(23,24)20-26-15-8-5-7-14(19(15)27-20)25-18-13-6-1-2-9-17(13)29-12-16(18)28-10-3-4-11-28/h1-2,5-9,16,18,25H,3-4,10-12H2,(H,26,27). The van der Waals surface area contributed by atoms with Crippen LogP contribution < -0.4 is 10.1 Å². The molecule has 1 aromatic heterocycles. The first-order chi connectivity index (χ1) is 14.0. The third-order valence-corrected chi connectivity index (χ3v) is 5.75. The number of benzene rings is 2. The van der Waals surface area contributed by atoms with E-state index < -0.39 is 12.0 Å². The highest BCUT2D eigenvalue weighted by atomic mass is 19.4. The van der Waals surface area contributed by atoms with Crippen molar-refractivity contribution in [3.05, 3.63) is 53.9 Å². The molecule has 0 bridgehead atoms. The molecule has 0 radical (unpaired) electrons. The molecular formula is C21H21F3N4O. The molecular weight excluding hydrogens is 381 g/mol. The molecule has 0 amide bonds. The molecule has 2 aliphatic heterocycles. The predicted molar refractivity (Wildman–Crippen MR) is 104 cm³/mol. The Hall–Kier alpha value is -2.74. The van der Waals surface area contributed by atoms with Crippen molar-refractivity contribution in [2.24, 2.45) is 0 Å². The first kappa shape index (κ1) is 18.3. The lowest BCUT2D eigenvalue weighted by atomic mass is 9.94. The van der Waals surface area contributed by atoms with E-state index in [2.05, 4.69) is 20.2 Å². The van der Waals surface area contributed by atoms with Crippen molar-refractivity contribution in [1.82, 2.24) is 14.9 Å². The Morgan fingerprint density at radius 2 is 1.86 bits per heavy atom. The molecule has 2 aliphatic rings. The van der Waals surface area contributed by atoms with Crippen LogP contribution in [0.2, 0.25) is 0 Å². The van der Waals surface area contributed by atoms with Gasteiger partial charge in [0.05, 0.1) is 23.3 Å². The summed E-state index contributed by atoms with van der Waals surface area (Å²) in [7, 11) is 0. The highest BCUT2D eigenvalue weighted by Crippen LogP contribution is 2.39. The predicted octanol–water partition coefficient (Wildman–Crippen LogP) is 4.59. The van der Waals surface area contributed by atoms with Crippen molar-refractivity contribution >= 4 is 16.7 Å². The maximum Gasteiger partial charge on any atom is 0.449 e. The van der Waals surface area contributed by atoms with Crippen LogP contribution in [0.5, 0.6) is 5.75 Å². The van der Waals surface area contributed by atoms with Gasteiger partial charge in [0.25, 0.3) is 0 Å². The van der Waals surface area contributed by atoms with Crippen LogP contribution in [0.4, 0.5) is 18.9 Å². The van der Waals surface area contributed by atoms with Crippen LogP contribution in [0.3, 0.4) is 0 Å². The minimum absolute atomic E-state index is 0.101. The van der Waals surface area contributed by atoms with Gasteiger partial charge in [-0.1, -0.05) is 24.3 Å². The molecule has 0 aliphatic carbocycles. The molecule has 0 saturated carbocycles. The second kappa shape index (κ2) is 6.95. The number of aromatic amines is 1. The average Bonchev–Trinajstić information content (AvgIpc) is 3.38. The maximum absolute atomic E-state index is 13.1. The zero-order valence-corrected chi connectivity index (χ0v) is 15.7. The van der Waals surface area contributed by atoms with Crippen LogP contribution in [-0.2, 0) is 6.18 Å². The fourth-order valence-electron chi connectivity index (χ4n) is 4.36. The van der Waals surface area contributed by atoms with Crippen LogP contribution in [0.15, 0.2) is 42.5 Å². The summed E-state index contributed by atoms with van der Waals surface area (Å²) in [6, 6.07) is 13.0. The number of likely N-dealkylation sites (tertiary alicyclic amines) is 1. The van der Waals surface area contributed by atoms with Crippen molar-refractivity contribution in [3.63, 3.8) is 0 Å². The molecule has 3 heterocycles. The highest BCUT2D eigenvalue weighted by Gasteiger charge is 2.37. The van der Waals surface area contributed by atoms with E-state index in [1.165, 1.54) is 0 Å². The van der Waals surface area contributed by atoms with Gasteiger partial charge in [-0.3, -0.25) is 4.90 Å². The second-order valence-electron chi connectivity index (χ2n) is 7.57. The molecule has 8 heteroatoms. The summed E-state index contributed by atoms with van der Waals surface area (Å²) in [4.78, 5) is 8.63. The Morgan fingerprint density at radius 3 is 2.66 bits per heavy atom. The minimum Gasteiger partial charge on any atom is -0.491 e. The molecule has 1 fully saturated rings. The number of H-pyrrole nitrogens is 1. The number of para-hydroxylation sites is 2. The summed E-state index contributed by atoms with van der Waals surface area (Å²) in [6.07, 6.45) is -2.22. The van der Waals surface area contributed by atoms with Crippen molar-refractivity contribution in [2.75, 3.05) is 25.0 Å². The van der Waals surface area contributed by atoms with Crippen LogP contribution in [-0.4, -0.2) is 40.6 Å². The van der Waals surface area contributed by atoms with Gasteiger partial charge < -0.3 is 15.0 Å². The van der Waals surface area contributed by atoms with Crippen molar-refractivity contribution < 1.29 is 17.9 Å². The van der Waals surface area contributed by atoms with E-state index >= 15 is 0 Å². The summed E-state index contributed by atoms with van der Waals surface area (Å²) in [5, 5.41) is 3.50. The zero-order chi connectivity index (χ0) is 20.0. The molecule has 2 N–H and O–H groups in total. The van der Waals surface area contributed by atoms with E-state index in [0.717, 1.165) is 37.2 Å². The van der Waals surface area contributed by atoms with Crippen molar-refractivity contribution in [1.29, 1.82) is 0 Å². The van der Waals surface area contributed by atoms with E-state index in [1.807, 2.05) is 24.3 Å². The van der Waals surface area contributed by atoms with Gasteiger partial charge in [-0.2, -0.15) is 13.2 Å². The lowest BCUT2D eigenvalue weighted by molar-refractivity contribution is -0.144. The first-order valence-corrected chi connectivity index (χ1v) is 9.79. The quantitative estimate of drug-likeness (QED) is 0.673. The third kappa shape index (κ3) is 3.31. The Morgan fingerprint density at radius 1 is 1.07 bits per heavy atom. The number of aromatic nitrogens is 2. The summed E-state index contributed by atoms with van der Waals surface area (Å²) in [6.45, 7) is 2.54. The van der Waals surface area contributed by atoms with Crippen LogP contribution in [0.25, 0.3) is 11.0 Å². The van der Waals surface area contributed by atoms with Crippen LogP contribution >= 0.6 is 0 Å². The number of halogens is 3. The number of hydrogen-bond donors (Lipinski definition) is 2. The Bertz CT molecular complexity index is 1030. The molecule has 5 rings (SSSR count). The number of hydrogen-bond acceptors (Lipinski definition) is 4. The molecule has 5 nitrogen and oxygen atoms in total. The molecule has 29 heavy (non-hydrogen) atoms. The molecule has 0 spiro atoms. The van der Waals surface area contributed by atoms with Gasteiger partial charge >= 0.3 is 6.18 Å². The lowest BCUT2D eigenvalue weighted by Crippen LogP contribution is -2.47. The van der Waals surface area contributed by atoms with E-state index in [0.29, 0.717) is 23.3 Å².